The van der Waals surface area contributed by atoms with Gasteiger partial charge in [0.15, 0.2) is 5.96 Å². The lowest BCUT2D eigenvalue weighted by Crippen LogP contribution is -2.47. The molecule has 0 radical (unpaired) electrons. The molecule has 1 aliphatic carbocycles. The maximum Gasteiger partial charge on any atom is 0.407 e. The molecule has 1 saturated heterocycles. The Bertz CT molecular complexity index is 492. The quantitative estimate of drug-likeness (QED) is 0.356. The van der Waals surface area contributed by atoms with Crippen molar-refractivity contribution in [2.24, 2.45) is 10.9 Å². The van der Waals surface area contributed by atoms with Crippen LogP contribution in [0.4, 0.5) is 4.79 Å². The van der Waals surface area contributed by atoms with E-state index in [0.717, 1.165) is 57.3 Å². The predicted octanol–water partition coefficient (Wildman–Crippen LogP) is 3.15. The van der Waals surface area contributed by atoms with E-state index in [1.807, 2.05) is 20.8 Å². The number of piperidine rings is 1. The summed E-state index contributed by atoms with van der Waals surface area (Å²) in [6, 6.07) is 0. The summed E-state index contributed by atoms with van der Waals surface area (Å²) < 4.78 is 11.2. The van der Waals surface area contributed by atoms with Gasteiger partial charge in [0.25, 0.3) is 0 Å². The van der Waals surface area contributed by atoms with E-state index < -0.39 is 5.60 Å². The van der Waals surface area contributed by atoms with Gasteiger partial charge < -0.3 is 25.0 Å². The predicted molar refractivity (Wildman–Crippen MR) is 113 cm³/mol. The van der Waals surface area contributed by atoms with Crippen LogP contribution < -0.4 is 10.6 Å². The van der Waals surface area contributed by atoms with Gasteiger partial charge in [-0.05, 0) is 59.3 Å². The van der Waals surface area contributed by atoms with Crippen LogP contribution in [-0.2, 0) is 9.47 Å². The van der Waals surface area contributed by atoms with Crippen molar-refractivity contribution in [3.8, 4) is 0 Å². The second kappa shape index (κ2) is 11.5. The first-order valence-electron chi connectivity index (χ1n) is 11.0. The molecule has 7 heteroatoms. The Morgan fingerprint density at radius 1 is 1.14 bits per heavy atom. The Labute approximate surface area is 170 Å². The van der Waals surface area contributed by atoms with Crippen molar-refractivity contribution in [2.45, 2.75) is 77.9 Å². The third kappa shape index (κ3) is 9.62. The van der Waals surface area contributed by atoms with Crippen LogP contribution in [0.3, 0.4) is 0 Å². The first kappa shape index (κ1) is 22.8. The minimum Gasteiger partial charge on any atom is -0.444 e. The van der Waals surface area contributed by atoms with Gasteiger partial charge in [-0.2, -0.15) is 0 Å². The van der Waals surface area contributed by atoms with Gasteiger partial charge in [0, 0.05) is 39.3 Å². The topological polar surface area (TPSA) is 75.2 Å². The lowest BCUT2D eigenvalue weighted by Gasteiger charge is -2.34. The molecule has 0 aromatic rings. The molecule has 1 heterocycles. The molecule has 0 bridgehead atoms. The molecule has 0 aromatic heterocycles. The fraction of sp³-hybridized carbons (Fsp3) is 0.905. The van der Waals surface area contributed by atoms with Gasteiger partial charge in [0.2, 0.25) is 0 Å². The SMILES string of the molecule is CCNC(=NCCC1CC1)N1CCC(OCCCNC(=O)OC(C)(C)C)CC1. The Morgan fingerprint density at radius 2 is 1.86 bits per heavy atom. The van der Waals surface area contributed by atoms with E-state index in [1.165, 1.54) is 19.3 Å². The van der Waals surface area contributed by atoms with Crippen molar-refractivity contribution in [2.75, 3.05) is 39.3 Å². The fourth-order valence-electron chi connectivity index (χ4n) is 3.25. The number of ether oxygens (including phenoxy) is 2. The van der Waals surface area contributed by atoms with Crippen molar-refractivity contribution >= 4 is 12.1 Å². The summed E-state index contributed by atoms with van der Waals surface area (Å²) in [7, 11) is 0. The number of nitrogens with zero attached hydrogens (tertiary/aromatic N) is 2. The summed E-state index contributed by atoms with van der Waals surface area (Å²) >= 11 is 0. The number of guanidine groups is 1. The minimum atomic E-state index is -0.457. The Kier molecular flexibility index (Phi) is 9.35. The van der Waals surface area contributed by atoms with Crippen molar-refractivity contribution < 1.29 is 14.3 Å². The number of carbonyl (C=O) groups is 1. The Morgan fingerprint density at radius 3 is 2.46 bits per heavy atom. The number of nitrogens with one attached hydrogen (secondary N) is 2. The molecular weight excluding hydrogens is 356 g/mol. The normalized spacial score (nSPS) is 18.9. The number of amides is 1. The summed E-state index contributed by atoms with van der Waals surface area (Å²) in [4.78, 5) is 18.8. The molecule has 2 fully saturated rings. The molecule has 0 aromatic carbocycles. The van der Waals surface area contributed by atoms with Crippen LogP contribution in [0, 0.1) is 5.92 Å². The molecule has 1 aliphatic heterocycles. The van der Waals surface area contributed by atoms with E-state index in [9.17, 15) is 4.79 Å². The number of hydrogen-bond donors (Lipinski definition) is 2. The van der Waals surface area contributed by atoms with E-state index >= 15 is 0 Å². The zero-order valence-corrected chi connectivity index (χ0v) is 18.3. The molecule has 2 rings (SSSR count). The zero-order chi connectivity index (χ0) is 20.4. The molecule has 0 unspecified atom stereocenters. The third-order valence-electron chi connectivity index (χ3n) is 4.92. The monoisotopic (exact) mass is 396 g/mol. The van der Waals surface area contributed by atoms with Gasteiger partial charge in [0.1, 0.15) is 5.60 Å². The summed E-state index contributed by atoms with van der Waals surface area (Å²) in [6.45, 7) is 12.8. The van der Waals surface area contributed by atoms with E-state index in [1.54, 1.807) is 0 Å². The van der Waals surface area contributed by atoms with Crippen LogP contribution in [0.1, 0.15) is 66.2 Å². The average molecular weight is 397 g/mol. The van der Waals surface area contributed by atoms with Gasteiger partial charge in [-0.1, -0.05) is 12.8 Å². The number of rotatable bonds is 9. The molecule has 2 N–H and O–H groups in total. The van der Waals surface area contributed by atoms with Crippen LogP contribution in [-0.4, -0.2) is 68.0 Å². The molecule has 2 aliphatic rings. The van der Waals surface area contributed by atoms with Crippen molar-refractivity contribution in [3.63, 3.8) is 0 Å². The van der Waals surface area contributed by atoms with E-state index in [2.05, 4.69) is 22.5 Å². The van der Waals surface area contributed by atoms with E-state index in [-0.39, 0.29) is 6.09 Å². The van der Waals surface area contributed by atoms with Gasteiger partial charge >= 0.3 is 6.09 Å². The number of hydrogen-bond acceptors (Lipinski definition) is 4. The average Bonchev–Trinajstić information content (AvgIpc) is 3.44. The lowest BCUT2D eigenvalue weighted by molar-refractivity contribution is 0.0170. The van der Waals surface area contributed by atoms with Crippen LogP contribution in [0.2, 0.25) is 0 Å². The van der Waals surface area contributed by atoms with Crippen molar-refractivity contribution in [3.05, 3.63) is 0 Å². The molecule has 7 nitrogen and oxygen atoms in total. The summed E-state index contributed by atoms with van der Waals surface area (Å²) in [6.07, 6.45) is 6.78. The highest BCUT2D eigenvalue weighted by atomic mass is 16.6. The molecular formula is C21H40N4O3. The zero-order valence-electron chi connectivity index (χ0n) is 18.3. The van der Waals surface area contributed by atoms with Crippen LogP contribution in [0.25, 0.3) is 0 Å². The molecule has 1 saturated carbocycles. The van der Waals surface area contributed by atoms with E-state index in [0.29, 0.717) is 19.3 Å². The van der Waals surface area contributed by atoms with Crippen molar-refractivity contribution in [1.82, 2.24) is 15.5 Å². The molecule has 162 valence electrons. The number of alkyl carbamates (subject to hydrolysis) is 1. The highest BCUT2D eigenvalue weighted by Gasteiger charge is 2.23. The number of carbonyl (C=O) groups excluding carboxylic acids is 1. The fourth-order valence-corrected chi connectivity index (χ4v) is 3.25. The lowest BCUT2D eigenvalue weighted by atomic mass is 10.1. The van der Waals surface area contributed by atoms with Crippen molar-refractivity contribution in [1.29, 1.82) is 0 Å². The second-order valence-corrected chi connectivity index (χ2v) is 8.81. The van der Waals surface area contributed by atoms with E-state index in [4.69, 9.17) is 14.5 Å². The first-order chi connectivity index (χ1) is 13.4. The summed E-state index contributed by atoms with van der Waals surface area (Å²) in [5.74, 6) is 1.98. The second-order valence-electron chi connectivity index (χ2n) is 8.81. The molecule has 0 atom stereocenters. The van der Waals surface area contributed by atoms with Gasteiger partial charge in [-0.3, -0.25) is 4.99 Å². The molecule has 1 amide bonds. The molecule has 28 heavy (non-hydrogen) atoms. The maximum atomic E-state index is 11.6. The Balaban J connectivity index is 1.57. The molecule has 0 spiro atoms. The van der Waals surface area contributed by atoms with Crippen LogP contribution >= 0.6 is 0 Å². The Hall–Kier alpha value is -1.50. The summed E-state index contributed by atoms with van der Waals surface area (Å²) in [5.41, 5.74) is -0.457. The highest BCUT2D eigenvalue weighted by Crippen LogP contribution is 2.32. The first-order valence-corrected chi connectivity index (χ1v) is 11.0. The van der Waals surface area contributed by atoms with Gasteiger partial charge in [0.05, 0.1) is 6.10 Å². The third-order valence-corrected chi connectivity index (χ3v) is 4.92. The number of aliphatic imine (C=N–C) groups is 1. The van der Waals surface area contributed by atoms with Gasteiger partial charge in [-0.15, -0.1) is 0 Å². The smallest absolute Gasteiger partial charge is 0.407 e. The number of likely N-dealkylation sites (tertiary alicyclic amines) is 1. The van der Waals surface area contributed by atoms with Gasteiger partial charge in [-0.25, -0.2) is 4.79 Å². The standard InChI is InChI=1S/C21H40N4O3/c1-5-22-19(23-13-9-17-7-8-17)25-14-10-18(11-15-25)27-16-6-12-24-20(26)28-21(2,3)4/h17-18H,5-16H2,1-4H3,(H,22,23)(H,24,26). The largest absolute Gasteiger partial charge is 0.444 e. The summed E-state index contributed by atoms with van der Waals surface area (Å²) in [5, 5.41) is 6.20. The highest BCUT2D eigenvalue weighted by molar-refractivity contribution is 5.80. The van der Waals surface area contributed by atoms with Crippen LogP contribution in [0.15, 0.2) is 4.99 Å². The maximum absolute atomic E-state index is 11.6. The van der Waals surface area contributed by atoms with Crippen LogP contribution in [0.5, 0.6) is 0 Å². The minimum absolute atomic E-state index is 0.298.